The minimum Gasteiger partial charge on any atom is -1.00 e. The van der Waals surface area contributed by atoms with Crippen molar-refractivity contribution in [3.63, 3.8) is 0 Å². The average molecular weight is 312 g/mol. The molecular formula is C13H19BrMgO2. The van der Waals surface area contributed by atoms with Crippen LogP contribution in [-0.2, 0) is 10.2 Å². The van der Waals surface area contributed by atoms with E-state index in [4.69, 9.17) is 9.47 Å². The van der Waals surface area contributed by atoms with Crippen LogP contribution in [0.2, 0.25) is 0 Å². The zero-order valence-corrected chi connectivity index (χ0v) is 14.3. The zero-order valence-electron chi connectivity index (χ0n) is 11.3. The molecule has 0 atom stereocenters. The molecule has 0 spiro atoms. The molecule has 0 aliphatic carbocycles. The summed E-state index contributed by atoms with van der Waals surface area (Å²) in [6.45, 7) is 8.81. The molecule has 0 unspecified atom stereocenters. The third-order valence-corrected chi connectivity index (χ3v) is 2.18. The van der Waals surface area contributed by atoms with Gasteiger partial charge in [-0.1, -0.05) is 33.1 Å². The van der Waals surface area contributed by atoms with E-state index in [0.29, 0.717) is 0 Å². The van der Waals surface area contributed by atoms with Crippen molar-refractivity contribution >= 4 is 23.1 Å². The third-order valence-electron chi connectivity index (χ3n) is 2.18. The first-order chi connectivity index (χ1) is 6.95. The molecule has 0 amide bonds. The number of ether oxygens (including phenoxy) is 2. The van der Waals surface area contributed by atoms with Gasteiger partial charge in [-0.05, 0) is 0 Å². The first kappa shape index (κ1) is 19.6. The second-order valence-corrected chi connectivity index (χ2v) is 4.72. The smallest absolute Gasteiger partial charge is 1.00 e. The Morgan fingerprint density at radius 2 is 1.88 bits per heavy atom. The Bertz CT molecular complexity index is 335. The van der Waals surface area contributed by atoms with Crippen LogP contribution in [0.25, 0.3) is 0 Å². The summed E-state index contributed by atoms with van der Waals surface area (Å²) in [5.41, 5.74) is 2.43. The largest absolute Gasteiger partial charge is 2.00 e. The van der Waals surface area contributed by atoms with Crippen LogP contribution in [-0.4, -0.2) is 37.0 Å². The molecule has 0 aromatic heterocycles. The molecule has 0 fully saturated rings. The van der Waals surface area contributed by atoms with Crippen LogP contribution >= 0.6 is 0 Å². The predicted molar refractivity (Wildman–Crippen MR) is 67.0 cm³/mol. The second-order valence-electron chi connectivity index (χ2n) is 4.72. The Morgan fingerprint density at radius 1 is 1.29 bits per heavy atom. The Labute approximate surface area is 131 Å². The SMILES string of the molecule is COCOc1[c-]cc(C)cc1C(C)(C)C.[Br-].[Mg+2]. The Kier molecular flexibility index (Phi) is 9.61. The fourth-order valence-corrected chi connectivity index (χ4v) is 1.39. The van der Waals surface area contributed by atoms with Gasteiger partial charge < -0.3 is 26.5 Å². The predicted octanol–water partition coefficient (Wildman–Crippen LogP) is -0.301. The van der Waals surface area contributed by atoms with E-state index in [1.807, 2.05) is 6.07 Å². The van der Waals surface area contributed by atoms with Gasteiger partial charge in [-0.25, -0.2) is 0 Å². The number of methoxy groups -OCH3 is 1. The summed E-state index contributed by atoms with van der Waals surface area (Å²) in [7, 11) is 1.62. The quantitative estimate of drug-likeness (QED) is 0.433. The van der Waals surface area contributed by atoms with Crippen LogP contribution in [0.1, 0.15) is 31.9 Å². The van der Waals surface area contributed by atoms with Gasteiger partial charge in [0.25, 0.3) is 0 Å². The fraction of sp³-hybridized carbons (Fsp3) is 0.538. The van der Waals surface area contributed by atoms with Crippen LogP contribution in [0, 0.1) is 13.0 Å². The van der Waals surface area contributed by atoms with Crippen LogP contribution in [0.4, 0.5) is 0 Å². The normalized spacial score (nSPS) is 10.2. The van der Waals surface area contributed by atoms with E-state index in [2.05, 4.69) is 39.8 Å². The van der Waals surface area contributed by atoms with Crippen LogP contribution < -0.4 is 21.7 Å². The third kappa shape index (κ3) is 6.09. The molecule has 0 heterocycles. The molecule has 1 rings (SSSR count). The zero-order chi connectivity index (χ0) is 11.5. The Morgan fingerprint density at radius 3 is 2.35 bits per heavy atom. The van der Waals surface area contributed by atoms with Gasteiger partial charge in [0.2, 0.25) is 0 Å². The molecule has 17 heavy (non-hydrogen) atoms. The first-order valence-electron chi connectivity index (χ1n) is 5.09. The number of benzene rings is 1. The molecule has 0 saturated carbocycles. The standard InChI is InChI=1S/C13H19O2.BrH.Mg/c1-10-6-7-12(15-9-14-5)11(8-10)13(2,3)4;;/h6,8H,9H2,1-5H3;1H;/q-1;;+2/p-1. The summed E-state index contributed by atoms with van der Waals surface area (Å²) in [4.78, 5) is 0. The van der Waals surface area contributed by atoms with Crippen LogP contribution in [0.5, 0.6) is 5.75 Å². The molecule has 1 aromatic rings. The van der Waals surface area contributed by atoms with Crippen molar-refractivity contribution in [2.75, 3.05) is 13.9 Å². The van der Waals surface area contributed by atoms with E-state index in [1.54, 1.807) is 7.11 Å². The van der Waals surface area contributed by atoms with Crippen molar-refractivity contribution in [3.8, 4) is 5.75 Å². The van der Waals surface area contributed by atoms with Crippen LogP contribution in [0.15, 0.2) is 12.1 Å². The Balaban J connectivity index is 0. The second kappa shape index (κ2) is 8.35. The summed E-state index contributed by atoms with van der Waals surface area (Å²) in [5.74, 6) is 0.787. The van der Waals surface area contributed by atoms with Gasteiger partial charge >= 0.3 is 23.1 Å². The molecule has 0 N–H and O–H groups in total. The molecule has 0 aliphatic rings. The molecule has 1 aromatic carbocycles. The molecule has 0 aliphatic heterocycles. The van der Waals surface area contributed by atoms with Crippen molar-refractivity contribution in [3.05, 3.63) is 29.3 Å². The van der Waals surface area contributed by atoms with Crippen molar-refractivity contribution in [2.24, 2.45) is 0 Å². The van der Waals surface area contributed by atoms with Crippen molar-refractivity contribution in [1.29, 1.82) is 0 Å². The van der Waals surface area contributed by atoms with Gasteiger partial charge in [-0.2, -0.15) is 17.7 Å². The molecular weight excluding hydrogens is 292 g/mol. The van der Waals surface area contributed by atoms with Gasteiger partial charge in [-0.3, -0.25) is 0 Å². The minimum atomic E-state index is 0. The summed E-state index contributed by atoms with van der Waals surface area (Å²) in [6.07, 6.45) is 0. The number of aryl methyl sites for hydroxylation is 1. The monoisotopic (exact) mass is 310 g/mol. The number of hydrogen-bond donors (Lipinski definition) is 0. The molecule has 0 saturated heterocycles. The molecule has 4 heteroatoms. The number of rotatable bonds is 3. The van der Waals surface area contributed by atoms with Gasteiger partial charge in [0.15, 0.2) is 6.79 Å². The molecule has 0 radical (unpaired) electrons. The molecule has 2 nitrogen and oxygen atoms in total. The summed E-state index contributed by atoms with van der Waals surface area (Å²) in [5, 5.41) is 0. The van der Waals surface area contributed by atoms with E-state index in [9.17, 15) is 0 Å². The fourth-order valence-electron chi connectivity index (χ4n) is 1.39. The van der Waals surface area contributed by atoms with Crippen molar-refractivity contribution in [2.45, 2.75) is 33.1 Å². The van der Waals surface area contributed by atoms with Gasteiger partial charge in [-0.15, -0.1) is 11.6 Å². The number of hydrogen-bond acceptors (Lipinski definition) is 2. The van der Waals surface area contributed by atoms with E-state index in [1.165, 1.54) is 11.1 Å². The first-order valence-corrected chi connectivity index (χ1v) is 5.09. The van der Waals surface area contributed by atoms with E-state index in [-0.39, 0.29) is 52.2 Å². The maximum Gasteiger partial charge on any atom is 2.00 e. The maximum absolute atomic E-state index is 5.49. The van der Waals surface area contributed by atoms with Gasteiger partial charge in [0.05, 0.1) is 0 Å². The average Bonchev–Trinajstić information content (AvgIpc) is 2.14. The van der Waals surface area contributed by atoms with E-state index < -0.39 is 0 Å². The van der Waals surface area contributed by atoms with Crippen molar-refractivity contribution in [1.82, 2.24) is 0 Å². The Hall–Kier alpha value is 0.226. The minimum absolute atomic E-state index is 0. The van der Waals surface area contributed by atoms with Gasteiger partial charge in [0.1, 0.15) is 0 Å². The molecule has 92 valence electrons. The number of halogens is 1. The molecule has 0 bridgehead atoms. The van der Waals surface area contributed by atoms with Gasteiger partial charge in [0, 0.05) is 12.9 Å². The summed E-state index contributed by atoms with van der Waals surface area (Å²) >= 11 is 0. The van der Waals surface area contributed by atoms with Crippen LogP contribution in [0.3, 0.4) is 0 Å². The van der Waals surface area contributed by atoms with E-state index >= 15 is 0 Å². The summed E-state index contributed by atoms with van der Waals surface area (Å²) < 4.78 is 10.4. The summed E-state index contributed by atoms with van der Waals surface area (Å²) in [6, 6.07) is 7.22. The van der Waals surface area contributed by atoms with E-state index in [0.717, 1.165) is 5.75 Å². The topological polar surface area (TPSA) is 18.5 Å². The maximum atomic E-state index is 5.49. The van der Waals surface area contributed by atoms with Crippen molar-refractivity contribution < 1.29 is 26.5 Å².